The lowest BCUT2D eigenvalue weighted by atomic mass is 9.62. The molecule has 0 amide bonds. The Morgan fingerprint density at radius 2 is 2.25 bits per heavy atom. The summed E-state index contributed by atoms with van der Waals surface area (Å²) in [7, 11) is 1.39. The molecular formula is C9H17NO2. The minimum Gasteiger partial charge on any atom is -0.468 e. The molecular weight excluding hydrogens is 154 g/mol. The summed E-state index contributed by atoms with van der Waals surface area (Å²) in [5, 5.41) is 0. The van der Waals surface area contributed by atoms with Gasteiger partial charge in [-0.3, -0.25) is 4.79 Å². The quantitative estimate of drug-likeness (QED) is 0.646. The molecule has 0 heterocycles. The van der Waals surface area contributed by atoms with E-state index in [0.29, 0.717) is 0 Å². The number of methoxy groups -OCH3 is 1. The number of rotatable bonds is 3. The highest BCUT2D eigenvalue weighted by Crippen LogP contribution is 2.46. The Hall–Kier alpha value is -0.570. The Morgan fingerprint density at radius 3 is 2.50 bits per heavy atom. The summed E-state index contributed by atoms with van der Waals surface area (Å²) >= 11 is 0. The molecule has 0 radical (unpaired) electrons. The summed E-state index contributed by atoms with van der Waals surface area (Å²) in [6, 6.07) is -0.416. The Morgan fingerprint density at radius 1 is 1.67 bits per heavy atom. The van der Waals surface area contributed by atoms with Crippen molar-refractivity contribution in [2.45, 2.75) is 38.6 Å². The lowest BCUT2D eigenvalue weighted by Gasteiger charge is -2.44. The standard InChI is InChI=1S/C9H17NO2/c1-3-9(5-4-6-9)7(10)8(11)12-2/h7H,3-6,10H2,1-2H3. The van der Waals surface area contributed by atoms with E-state index in [-0.39, 0.29) is 11.4 Å². The minimum absolute atomic E-state index is 0.0487. The number of ether oxygens (including phenoxy) is 1. The van der Waals surface area contributed by atoms with E-state index in [0.717, 1.165) is 19.3 Å². The predicted molar refractivity (Wildman–Crippen MR) is 46.6 cm³/mol. The van der Waals surface area contributed by atoms with E-state index in [4.69, 9.17) is 5.73 Å². The second-order valence-electron chi connectivity index (χ2n) is 3.57. The summed E-state index contributed by atoms with van der Waals surface area (Å²) < 4.78 is 4.63. The van der Waals surface area contributed by atoms with Crippen LogP contribution in [0.4, 0.5) is 0 Å². The molecule has 1 rings (SSSR count). The first-order valence-corrected chi connectivity index (χ1v) is 4.49. The van der Waals surface area contributed by atoms with E-state index in [1.165, 1.54) is 13.5 Å². The number of hydrogen-bond acceptors (Lipinski definition) is 3. The van der Waals surface area contributed by atoms with E-state index in [1.54, 1.807) is 0 Å². The van der Waals surface area contributed by atoms with Gasteiger partial charge in [-0.15, -0.1) is 0 Å². The van der Waals surface area contributed by atoms with Crippen molar-refractivity contribution >= 4 is 5.97 Å². The van der Waals surface area contributed by atoms with E-state index in [1.807, 2.05) is 0 Å². The normalized spacial score (nSPS) is 22.6. The molecule has 1 aliphatic carbocycles. The topological polar surface area (TPSA) is 52.3 Å². The number of esters is 1. The summed E-state index contributed by atoms with van der Waals surface area (Å²) in [6.07, 6.45) is 4.31. The second-order valence-corrected chi connectivity index (χ2v) is 3.57. The van der Waals surface area contributed by atoms with Gasteiger partial charge in [-0.1, -0.05) is 13.3 Å². The van der Waals surface area contributed by atoms with Gasteiger partial charge in [0.25, 0.3) is 0 Å². The van der Waals surface area contributed by atoms with E-state index < -0.39 is 6.04 Å². The fraction of sp³-hybridized carbons (Fsp3) is 0.889. The van der Waals surface area contributed by atoms with Gasteiger partial charge in [-0.2, -0.15) is 0 Å². The Kier molecular flexibility index (Phi) is 2.73. The van der Waals surface area contributed by atoms with Gasteiger partial charge < -0.3 is 10.5 Å². The minimum atomic E-state index is -0.416. The van der Waals surface area contributed by atoms with Gasteiger partial charge in [-0.05, 0) is 24.7 Å². The van der Waals surface area contributed by atoms with Crippen molar-refractivity contribution in [2.24, 2.45) is 11.1 Å². The van der Waals surface area contributed by atoms with E-state index >= 15 is 0 Å². The predicted octanol–water partition coefficient (Wildman–Crippen LogP) is 1.07. The summed E-state index contributed by atoms with van der Waals surface area (Å²) in [4.78, 5) is 11.2. The summed E-state index contributed by atoms with van der Waals surface area (Å²) in [5.41, 5.74) is 5.85. The van der Waals surface area contributed by atoms with Crippen LogP contribution in [0.25, 0.3) is 0 Å². The Balaban J connectivity index is 2.59. The molecule has 70 valence electrons. The molecule has 0 aromatic carbocycles. The van der Waals surface area contributed by atoms with Gasteiger partial charge in [0.1, 0.15) is 6.04 Å². The van der Waals surface area contributed by atoms with Gasteiger partial charge in [0.15, 0.2) is 0 Å². The molecule has 0 aromatic rings. The number of carbonyl (C=O) groups excluding carboxylic acids is 1. The molecule has 2 N–H and O–H groups in total. The fourth-order valence-electron chi connectivity index (χ4n) is 1.89. The maximum absolute atomic E-state index is 11.2. The highest BCUT2D eigenvalue weighted by atomic mass is 16.5. The molecule has 0 spiro atoms. The van der Waals surface area contributed by atoms with Crippen molar-refractivity contribution in [1.29, 1.82) is 0 Å². The monoisotopic (exact) mass is 171 g/mol. The molecule has 0 saturated heterocycles. The SMILES string of the molecule is CCC1(C(N)C(=O)OC)CCC1. The molecule has 1 fully saturated rings. The number of nitrogens with two attached hydrogens (primary N) is 1. The second kappa shape index (κ2) is 3.44. The largest absolute Gasteiger partial charge is 0.468 e. The zero-order chi connectivity index (χ0) is 9.19. The van der Waals surface area contributed by atoms with Crippen LogP contribution < -0.4 is 5.73 Å². The highest BCUT2D eigenvalue weighted by molar-refractivity contribution is 5.76. The van der Waals surface area contributed by atoms with Crippen LogP contribution in [0.2, 0.25) is 0 Å². The first-order chi connectivity index (χ1) is 5.66. The van der Waals surface area contributed by atoms with Crippen molar-refractivity contribution < 1.29 is 9.53 Å². The van der Waals surface area contributed by atoms with Gasteiger partial charge >= 0.3 is 5.97 Å². The lowest BCUT2D eigenvalue weighted by molar-refractivity contribution is -0.147. The zero-order valence-electron chi connectivity index (χ0n) is 7.80. The molecule has 0 bridgehead atoms. The van der Waals surface area contributed by atoms with Crippen molar-refractivity contribution in [1.82, 2.24) is 0 Å². The number of hydrogen-bond donors (Lipinski definition) is 1. The van der Waals surface area contributed by atoms with E-state index in [9.17, 15) is 4.79 Å². The molecule has 0 aromatic heterocycles. The van der Waals surface area contributed by atoms with Crippen LogP contribution in [0.15, 0.2) is 0 Å². The maximum Gasteiger partial charge on any atom is 0.323 e. The highest BCUT2D eigenvalue weighted by Gasteiger charge is 2.44. The third kappa shape index (κ3) is 1.33. The van der Waals surface area contributed by atoms with Crippen molar-refractivity contribution in [3.63, 3.8) is 0 Å². The molecule has 1 saturated carbocycles. The van der Waals surface area contributed by atoms with Crippen molar-refractivity contribution in [2.75, 3.05) is 7.11 Å². The van der Waals surface area contributed by atoms with Crippen LogP contribution in [0, 0.1) is 5.41 Å². The van der Waals surface area contributed by atoms with Crippen LogP contribution in [-0.2, 0) is 9.53 Å². The van der Waals surface area contributed by atoms with Gasteiger partial charge in [-0.25, -0.2) is 0 Å². The first kappa shape index (κ1) is 9.52. The third-order valence-corrected chi connectivity index (χ3v) is 3.17. The molecule has 1 atom stereocenters. The van der Waals surface area contributed by atoms with Crippen LogP contribution in [0.3, 0.4) is 0 Å². The van der Waals surface area contributed by atoms with Crippen molar-refractivity contribution in [3.8, 4) is 0 Å². The van der Waals surface area contributed by atoms with Gasteiger partial charge in [0.05, 0.1) is 7.11 Å². The smallest absolute Gasteiger partial charge is 0.323 e. The van der Waals surface area contributed by atoms with Gasteiger partial charge in [0, 0.05) is 0 Å². The summed E-state index contributed by atoms with van der Waals surface area (Å²) in [5.74, 6) is -0.267. The average Bonchev–Trinajstić information content (AvgIpc) is 2.02. The fourth-order valence-corrected chi connectivity index (χ4v) is 1.89. The van der Waals surface area contributed by atoms with Gasteiger partial charge in [0.2, 0.25) is 0 Å². The molecule has 3 nitrogen and oxygen atoms in total. The van der Waals surface area contributed by atoms with Crippen LogP contribution in [0.1, 0.15) is 32.6 Å². The third-order valence-electron chi connectivity index (χ3n) is 3.17. The van der Waals surface area contributed by atoms with E-state index in [2.05, 4.69) is 11.7 Å². The lowest BCUT2D eigenvalue weighted by Crippen LogP contribution is -2.51. The molecule has 1 unspecified atom stereocenters. The number of carbonyl (C=O) groups is 1. The molecule has 12 heavy (non-hydrogen) atoms. The van der Waals surface area contributed by atoms with Crippen LogP contribution in [0.5, 0.6) is 0 Å². The molecule has 3 heteroatoms. The Labute approximate surface area is 73.3 Å². The van der Waals surface area contributed by atoms with Crippen LogP contribution >= 0.6 is 0 Å². The summed E-state index contributed by atoms with van der Waals surface area (Å²) in [6.45, 7) is 2.09. The average molecular weight is 171 g/mol. The zero-order valence-corrected chi connectivity index (χ0v) is 7.80. The maximum atomic E-state index is 11.2. The first-order valence-electron chi connectivity index (χ1n) is 4.49. The van der Waals surface area contributed by atoms with Crippen LogP contribution in [-0.4, -0.2) is 19.1 Å². The van der Waals surface area contributed by atoms with Crippen molar-refractivity contribution in [3.05, 3.63) is 0 Å². The molecule has 0 aliphatic heterocycles. The Bertz CT molecular complexity index is 170. The molecule has 1 aliphatic rings.